The lowest BCUT2D eigenvalue weighted by Crippen LogP contribution is -2.13. The maximum absolute atomic E-state index is 12.9. The summed E-state index contributed by atoms with van der Waals surface area (Å²) in [5.41, 5.74) is 7.60. The van der Waals surface area contributed by atoms with Crippen molar-refractivity contribution in [2.75, 3.05) is 11.1 Å². The van der Waals surface area contributed by atoms with Crippen LogP contribution in [0.1, 0.15) is 16.1 Å². The number of hydrogen-bond donors (Lipinski definition) is 3. The van der Waals surface area contributed by atoms with Gasteiger partial charge in [0.1, 0.15) is 11.5 Å². The predicted octanol–water partition coefficient (Wildman–Crippen LogP) is 2.30. The molecule has 4 nitrogen and oxygen atoms in total. The Bertz CT molecular complexity index is 563. The van der Waals surface area contributed by atoms with Crippen molar-refractivity contribution in [2.24, 2.45) is 0 Å². The molecule has 88 valence electrons. The van der Waals surface area contributed by atoms with Gasteiger partial charge in [-0.1, -0.05) is 0 Å². The molecule has 2 rings (SSSR count). The molecule has 0 atom stereocenters. The molecular formula is C12H12FN3O. The number of aromatic nitrogens is 1. The minimum atomic E-state index is -0.329. The quantitative estimate of drug-likeness (QED) is 0.744. The minimum absolute atomic E-state index is 0.309. The maximum Gasteiger partial charge on any atom is 0.272 e. The zero-order valence-corrected chi connectivity index (χ0v) is 9.25. The molecule has 0 unspecified atom stereocenters. The summed E-state index contributed by atoms with van der Waals surface area (Å²) in [5.74, 6) is -0.638. The van der Waals surface area contributed by atoms with Crippen LogP contribution in [0, 0.1) is 12.7 Å². The van der Waals surface area contributed by atoms with E-state index in [0.717, 1.165) is 0 Å². The molecule has 0 bridgehead atoms. The summed E-state index contributed by atoms with van der Waals surface area (Å²) >= 11 is 0. The van der Waals surface area contributed by atoms with Gasteiger partial charge in [0.05, 0.1) is 0 Å². The molecule has 0 aliphatic heterocycles. The number of carbonyl (C=O) groups excluding carboxylic acids is 1. The smallest absolute Gasteiger partial charge is 0.272 e. The van der Waals surface area contributed by atoms with Gasteiger partial charge in [0.2, 0.25) is 0 Å². The van der Waals surface area contributed by atoms with Crippen molar-refractivity contribution in [2.45, 2.75) is 6.92 Å². The Morgan fingerprint density at radius 3 is 2.76 bits per heavy atom. The number of H-pyrrole nitrogens is 1. The van der Waals surface area contributed by atoms with Crippen molar-refractivity contribution in [1.29, 1.82) is 0 Å². The second kappa shape index (κ2) is 4.29. The topological polar surface area (TPSA) is 70.9 Å². The molecule has 4 N–H and O–H groups in total. The number of carbonyl (C=O) groups is 1. The van der Waals surface area contributed by atoms with Crippen molar-refractivity contribution < 1.29 is 9.18 Å². The number of amides is 1. The molecule has 0 aliphatic rings. The number of nitrogens with one attached hydrogen (secondary N) is 2. The number of aryl methyl sites for hydroxylation is 1. The van der Waals surface area contributed by atoms with Gasteiger partial charge < -0.3 is 16.0 Å². The van der Waals surface area contributed by atoms with E-state index in [1.807, 2.05) is 0 Å². The molecule has 0 aliphatic carbocycles. The van der Waals surface area contributed by atoms with Gasteiger partial charge >= 0.3 is 0 Å². The second-order valence-electron chi connectivity index (χ2n) is 3.76. The second-order valence-corrected chi connectivity index (χ2v) is 3.76. The van der Waals surface area contributed by atoms with Crippen LogP contribution in [0.5, 0.6) is 0 Å². The zero-order valence-electron chi connectivity index (χ0n) is 9.25. The van der Waals surface area contributed by atoms with Crippen molar-refractivity contribution in [3.63, 3.8) is 0 Å². The van der Waals surface area contributed by atoms with Crippen LogP contribution >= 0.6 is 0 Å². The molecule has 0 fully saturated rings. The highest BCUT2D eigenvalue weighted by atomic mass is 19.1. The third kappa shape index (κ3) is 2.44. The third-order valence-electron chi connectivity index (χ3n) is 2.39. The zero-order chi connectivity index (χ0) is 12.4. The van der Waals surface area contributed by atoms with E-state index in [0.29, 0.717) is 22.6 Å². The maximum atomic E-state index is 12.9. The van der Waals surface area contributed by atoms with E-state index in [9.17, 15) is 9.18 Å². The van der Waals surface area contributed by atoms with E-state index in [-0.39, 0.29) is 11.7 Å². The molecule has 1 aromatic heterocycles. The molecular weight excluding hydrogens is 221 g/mol. The molecule has 5 heteroatoms. The SMILES string of the molecule is Cc1cc(F)ccc1NC(=O)c1cc(N)c[nH]1. The Morgan fingerprint density at radius 1 is 1.41 bits per heavy atom. The largest absolute Gasteiger partial charge is 0.397 e. The highest BCUT2D eigenvalue weighted by molar-refractivity contribution is 6.03. The fourth-order valence-electron chi connectivity index (χ4n) is 1.50. The van der Waals surface area contributed by atoms with Gasteiger partial charge in [-0.25, -0.2) is 4.39 Å². The molecule has 2 aromatic rings. The lowest BCUT2D eigenvalue weighted by atomic mass is 10.2. The Morgan fingerprint density at radius 2 is 2.18 bits per heavy atom. The number of hydrogen-bond acceptors (Lipinski definition) is 2. The number of nitrogen functional groups attached to an aromatic ring is 1. The first kappa shape index (κ1) is 11.2. The minimum Gasteiger partial charge on any atom is -0.397 e. The van der Waals surface area contributed by atoms with Crippen molar-refractivity contribution in [1.82, 2.24) is 4.98 Å². The van der Waals surface area contributed by atoms with Crippen LogP contribution < -0.4 is 11.1 Å². The molecule has 17 heavy (non-hydrogen) atoms. The summed E-state index contributed by atoms with van der Waals surface area (Å²) in [4.78, 5) is 14.5. The van der Waals surface area contributed by atoms with Gasteiger partial charge in [-0.3, -0.25) is 4.79 Å². The van der Waals surface area contributed by atoms with Gasteiger partial charge in [-0.15, -0.1) is 0 Å². The van der Waals surface area contributed by atoms with Gasteiger partial charge in [0.25, 0.3) is 5.91 Å². The number of aromatic amines is 1. The van der Waals surface area contributed by atoms with E-state index >= 15 is 0 Å². The van der Waals surface area contributed by atoms with Crippen LogP contribution in [-0.4, -0.2) is 10.9 Å². The highest BCUT2D eigenvalue weighted by Gasteiger charge is 2.09. The van der Waals surface area contributed by atoms with Gasteiger partial charge in [-0.05, 0) is 36.8 Å². The molecule has 1 aromatic carbocycles. The summed E-state index contributed by atoms with van der Waals surface area (Å²) in [7, 11) is 0. The average molecular weight is 233 g/mol. The number of halogens is 1. The number of nitrogens with two attached hydrogens (primary N) is 1. The van der Waals surface area contributed by atoms with Gasteiger partial charge in [-0.2, -0.15) is 0 Å². The van der Waals surface area contributed by atoms with Crippen LogP contribution in [0.3, 0.4) is 0 Å². The van der Waals surface area contributed by atoms with Crippen molar-refractivity contribution in [3.8, 4) is 0 Å². The first-order chi connectivity index (χ1) is 8.06. The molecule has 1 heterocycles. The van der Waals surface area contributed by atoms with Crippen LogP contribution in [0.2, 0.25) is 0 Å². The molecule has 0 spiro atoms. The van der Waals surface area contributed by atoms with Crippen LogP contribution in [0.15, 0.2) is 30.5 Å². The fourth-order valence-corrected chi connectivity index (χ4v) is 1.50. The average Bonchev–Trinajstić information content (AvgIpc) is 2.69. The summed E-state index contributed by atoms with van der Waals surface area (Å²) in [6.07, 6.45) is 1.53. The standard InChI is InChI=1S/C12H12FN3O/c1-7-4-8(13)2-3-10(7)16-12(17)11-5-9(14)6-15-11/h2-6,15H,14H2,1H3,(H,16,17). The summed E-state index contributed by atoms with van der Waals surface area (Å²) in [6, 6.07) is 5.72. The van der Waals surface area contributed by atoms with Crippen LogP contribution in [0.4, 0.5) is 15.8 Å². The molecule has 0 saturated carbocycles. The van der Waals surface area contributed by atoms with Crippen molar-refractivity contribution >= 4 is 17.3 Å². The summed E-state index contributed by atoms with van der Waals surface area (Å²) < 4.78 is 12.9. The predicted molar refractivity (Wildman–Crippen MR) is 64.3 cm³/mol. The van der Waals surface area contributed by atoms with E-state index in [1.165, 1.54) is 30.5 Å². The van der Waals surface area contributed by atoms with Crippen LogP contribution in [-0.2, 0) is 0 Å². The van der Waals surface area contributed by atoms with Gasteiger partial charge in [0, 0.05) is 17.6 Å². The Labute approximate surface area is 97.6 Å². The number of anilines is 2. The van der Waals surface area contributed by atoms with E-state index in [4.69, 9.17) is 5.73 Å². The molecule has 0 radical (unpaired) electrons. The Balaban J connectivity index is 2.18. The number of benzene rings is 1. The normalized spacial score (nSPS) is 10.2. The van der Waals surface area contributed by atoms with E-state index < -0.39 is 0 Å². The first-order valence-corrected chi connectivity index (χ1v) is 5.07. The third-order valence-corrected chi connectivity index (χ3v) is 2.39. The lowest BCUT2D eigenvalue weighted by Gasteiger charge is -2.07. The Kier molecular flexibility index (Phi) is 2.82. The molecule has 1 amide bonds. The molecule has 0 saturated heterocycles. The Hall–Kier alpha value is -2.30. The lowest BCUT2D eigenvalue weighted by molar-refractivity contribution is 0.102. The van der Waals surface area contributed by atoms with Crippen molar-refractivity contribution in [3.05, 3.63) is 47.5 Å². The highest BCUT2D eigenvalue weighted by Crippen LogP contribution is 2.17. The van der Waals surface area contributed by atoms with E-state index in [2.05, 4.69) is 10.3 Å². The van der Waals surface area contributed by atoms with Crippen LogP contribution in [0.25, 0.3) is 0 Å². The first-order valence-electron chi connectivity index (χ1n) is 5.07. The van der Waals surface area contributed by atoms with Gasteiger partial charge in [0.15, 0.2) is 0 Å². The number of rotatable bonds is 2. The monoisotopic (exact) mass is 233 g/mol. The summed E-state index contributed by atoms with van der Waals surface area (Å²) in [5, 5.41) is 2.67. The van der Waals surface area contributed by atoms with E-state index in [1.54, 1.807) is 6.92 Å². The summed E-state index contributed by atoms with van der Waals surface area (Å²) in [6.45, 7) is 1.72. The fraction of sp³-hybridized carbons (Fsp3) is 0.0833.